The van der Waals surface area contributed by atoms with Gasteiger partial charge >= 0.3 is 0 Å². The molecule has 2 N–H and O–H groups in total. The van der Waals surface area contributed by atoms with Gasteiger partial charge in [0.1, 0.15) is 17.6 Å². The van der Waals surface area contributed by atoms with E-state index in [0.29, 0.717) is 23.0 Å². The lowest BCUT2D eigenvalue weighted by molar-refractivity contribution is 0.0900. The van der Waals surface area contributed by atoms with Gasteiger partial charge in [0.2, 0.25) is 5.88 Å². The summed E-state index contributed by atoms with van der Waals surface area (Å²) in [5.41, 5.74) is 0.369. The topological polar surface area (TPSA) is 84.6 Å². The Morgan fingerprint density at radius 3 is 2.84 bits per heavy atom. The smallest absolute Gasteiger partial charge is 0.252 e. The number of nitrogens with zero attached hydrogens (tertiary/aromatic N) is 1. The van der Waals surface area contributed by atoms with Crippen LogP contribution in [0, 0.1) is 0 Å². The predicted molar refractivity (Wildman–Crippen MR) is 94.5 cm³/mol. The first-order valence-electron chi connectivity index (χ1n) is 7.51. The highest BCUT2D eigenvalue weighted by Gasteiger charge is 2.13. The first-order valence-corrected chi connectivity index (χ1v) is 8.30. The van der Waals surface area contributed by atoms with Crippen molar-refractivity contribution in [3.63, 3.8) is 0 Å². The Bertz CT molecular complexity index is 835. The minimum Gasteiger partial charge on any atom is -0.467 e. The lowest BCUT2D eigenvalue weighted by Crippen LogP contribution is -2.28. The standard InChI is InChI=1S/C18H15BrN2O4/c19-13-3-1-4-14(9-13)25-17-7-6-12(10-20-17)18(23)21-11-15(22)16-5-2-8-24-16/h1-10,15,22H,11H2,(H,21,23). The third-order valence-electron chi connectivity index (χ3n) is 3.34. The molecule has 0 saturated carbocycles. The first kappa shape index (κ1) is 17.2. The SMILES string of the molecule is O=C(NCC(O)c1ccco1)c1ccc(Oc2cccc(Br)c2)nc1. The highest BCUT2D eigenvalue weighted by atomic mass is 79.9. The van der Waals surface area contributed by atoms with E-state index < -0.39 is 6.10 Å². The summed E-state index contributed by atoms with van der Waals surface area (Å²) >= 11 is 3.37. The van der Waals surface area contributed by atoms with Crippen molar-refractivity contribution >= 4 is 21.8 Å². The molecule has 0 aliphatic rings. The molecule has 7 heteroatoms. The Morgan fingerprint density at radius 1 is 1.28 bits per heavy atom. The molecule has 2 heterocycles. The van der Waals surface area contributed by atoms with Crippen LogP contribution < -0.4 is 10.1 Å². The van der Waals surface area contributed by atoms with Crippen molar-refractivity contribution in [2.45, 2.75) is 6.10 Å². The van der Waals surface area contributed by atoms with Crippen molar-refractivity contribution in [1.29, 1.82) is 0 Å². The van der Waals surface area contributed by atoms with Gasteiger partial charge in [-0.25, -0.2) is 4.98 Å². The van der Waals surface area contributed by atoms with E-state index in [2.05, 4.69) is 26.2 Å². The van der Waals surface area contributed by atoms with Crippen LogP contribution in [0.5, 0.6) is 11.6 Å². The molecular weight excluding hydrogens is 388 g/mol. The van der Waals surface area contributed by atoms with E-state index in [9.17, 15) is 9.90 Å². The Morgan fingerprint density at radius 2 is 2.16 bits per heavy atom. The van der Waals surface area contributed by atoms with Gasteiger partial charge in [0, 0.05) is 16.7 Å². The number of carbonyl (C=O) groups excluding carboxylic acids is 1. The molecule has 0 aliphatic heterocycles. The molecule has 2 aromatic heterocycles. The highest BCUT2D eigenvalue weighted by molar-refractivity contribution is 9.10. The van der Waals surface area contributed by atoms with Crippen LogP contribution in [0.3, 0.4) is 0 Å². The zero-order valence-electron chi connectivity index (χ0n) is 13.1. The zero-order valence-corrected chi connectivity index (χ0v) is 14.6. The number of hydrogen-bond acceptors (Lipinski definition) is 5. The number of halogens is 1. The summed E-state index contributed by atoms with van der Waals surface area (Å²) in [6.07, 6.45) is 1.99. The van der Waals surface area contributed by atoms with Crippen LogP contribution in [0.2, 0.25) is 0 Å². The molecule has 128 valence electrons. The second-order valence-corrected chi connectivity index (χ2v) is 6.10. The van der Waals surface area contributed by atoms with Crippen molar-refractivity contribution in [3.8, 4) is 11.6 Å². The van der Waals surface area contributed by atoms with Crippen molar-refractivity contribution in [1.82, 2.24) is 10.3 Å². The molecule has 1 aromatic carbocycles. The molecule has 3 aromatic rings. The van der Waals surface area contributed by atoms with Crippen LogP contribution in [-0.4, -0.2) is 22.5 Å². The summed E-state index contributed by atoms with van der Waals surface area (Å²) < 4.78 is 11.6. The molecule has 0 radical (unpaired) electrons. The molecule has 6 nitrogen and oxygen atoms in total. The summed E-state index contributed by atoms with van der Waals surface area (Å²) in [6.45, 7) is 0.0443. The molecule has 0 fully saturated rings. The van der Waals surface area contributed by atoms with Gasteiger partial charge in [-0.3, -0.25) is 4.79 Å². The molecule has 1 unspecified atom stereocenters. The van der Waals surface area contributed by atoms with E-state index >= 15 is 0 Å². The van der Waals surface area contributed by atoms with Crippen molar-refractivity contribution in [2.75, 3.05) is 6.54 Å². The van der Waals surface area contributed by atoms with Crippen LogP contribution in [0.25, 0.3) is 0 Å². The Kier molecular flexibility index (Phi) is 5.47. The number of pyridine rings is 1. The summed E-state index contributed by atoms with van der Waals surface area (Å²) in [6, 6.07) is 13.9. The average Bonchev–Trinajstić information content (AvgIpc) is 3.15. The second kappa shape index (κ2) is 7.96. The van der Waals surface area contributed by atoms with Gasteiger partial charge in [-0.2, -0.15) is 0 Å². The van der Waals surface area contributed by atoms with E-state index in [4.69, 9.17) is 9.15 Å². The molecular formula is C18H15BrN2O4. The molecule has 25 heavy (non-hydrogen) atoms. The summed E-state index contributed by atoms with van der Waals surface area (Å²) in [5.74, 6) is 1.08. The maximum absolute atomic E-state index is 12.1. The lowest BCUT2D eigenvalue weighted by Gasteiger charge is -2.10. The number of carbonyl (C=O) groups is 1. The lowest BCUT2D eigenvalue weighted by atomic mass is 10.2. The van der Waals surface area contributed by atoms with Gasteiger partial charge in [0.25, 0.3) is 5.91 Å². The number of nitrogens with one attached hydrogen (secondary N) is 1. The number of rotatable bonds is 6. The van der Waals surface area contributed by atoms with E-state index in [1.165, 1.54) is 12.5 Å². The molecule has 0 saturated heterocycles. The molecule has 0 aliphatic carbocycles. The third kappa shape index (κ3) is 4.68. The number of aromatic nitrogens is 1. The minimum absolute atomic E-state index is 0.0443. The Labute approximate surface area is 152 Å². The summed E-state index contributed by atoms with van der Waals surface area (Å²) in [5, 5.41) is 12.5. The fourth-order valence-electron chi connectivity index (χ4n) is 2.10. The fraction of sp³-hybridized carbons (Fsp3) is 0.111. The molecule has 1 amide bonds. The number of benzene rings is 1. The molecule has 1 atom stereocenters. The number of ether oxygens (including phenoxy) is 1. The highest BCUT2D eigenvalue weighted by Crippen LogP contribution is 2.23. The van der Waals surface area contributed by atoms with E-state index in [-0.39, 0.29) is 12.5 Å². The number of amides is 1. The molecule has 0 spiro atoms. The van der Waals surface area contributed by atoms with Gasteiger partial charge in [0.15, 0.2) is 0 Å². The maximum atomic E-state index is 12.1. The number of aliphatic hydroxyl groups is 1. The number of aliphatic hydroxyl groups excluding tert-OH is 1. The summed E-state index contributed by atoms with van der Waals surface area (Å²) in [7, 11) is 0. The van der Waals surface area contributed by atoms with E-state index in [1.807, 2.05) is 24.3 Å². The number of furan rings is 1. The van der Waals surface area contributed by atoms with Crippen LogP contribution in [-0.2, 0) is 0 Å². The van der Waals surface area contributed by atoms with Gasteiger partial charge in [-0.1, -0.05) is 22.0 Å². The van der Waals surface area contributed by atoms with Crippen LogP contribution in [0.1, 0.15) is 22.2 Å². The molecule has 3 rings (SSSR count). The molecule has 0 bridgehead atoms. The predicted octanol–water partition coefficient (Wildman–Crippen LogP) is 3.69. The average molecular weight is 403 g/mol. The Hall–Kier alpha value is -2.64. The van der Waals surface area contributed by atoms with E-state index in [0.717, 1.165) is 4.47 Å². The quantitative estimate of drug-likeness (QED) is 0.656. The van der Waals surface area contributed by atoms with Gasteiger partial charge in [-0.15, -0.1) is 0 Å². The fourth-order valence-corrected chi connectivity index (χ4v) is 2.48. The monoisotopic (exact) mass is 402 g/mol. The van der Waals surface area contributed by atoms with Crippen LogP contribution in [0.15, 0.2) is 69.9 Å². The van der Waals surface area contributed by atoms with Gasteiger partial charge in [-0.05, 0) is 36.4 Å². The first-order chi connectivity index (χ1) is 12.1. The van der Waals surface area contributed by atoms with Crippen LogP contribution in [0.4, 0.5) is 0 Å². The van der Waals surface area contributed by atoms with Gasteiger partial charge in [0.05, 0.1) is 18.4 Å². The minimum atomic E-state index is -0.897. The van der Waals surface area contributed by atoms with E-state index in [1.54, 1.807) is 24.3 Å². The maximum Gasteiger partial charge on any atom is 0.252 e. The number of hydrogen-bond donors (Lipinski definition) is 2. The van der Waals surface area contributed by atoms with Crippen molar-refractivity contribution < 1.29 is 19.1 Å². The normalized spacial score (nSPS) is 11.8. The Balaban J connectivity index is 1.57. The van der Waals surface area contributed by atoms with Crippen molar-refractivity contribution in [2.24, 2.45) is 0 Å². The van der Waals surface area contributed by atoms with Crippen molar-refractivity contribution in [3.05, 3.63) is 76.8 Å². The summed E-state index contributed by atoms with van der Waals surface area (Å²) in [4.78, 5) is 16.2. The van der Waals surface area contributed by atoms with Crippen LogP contribution >= 0.6 is 15.9 Å². The largest absolute Gasteiger partial charge is 0.467 e. The second-order valence-electron chi connectivity index (χ2n) is 5.19. The third-order valence-corrected chi connectivity index (χ3v) is 3.84. The zero-order chi connectivity index (χ0) is 17.6. The van der Waals surface area contributed by atoms with Gasteiger partial charge < -0.3 is 19.6 Å².